The largest absolute Gasteiger partial charge is 0.481 e. The second-order valence-electron chi connectivity index (χ2n) is 13.0. The molecule has 0 unspecified atom stereocenters. The summed E-state index contributed by atoms with van der Waals surface area (Å²) in [6.45, 7) is 11.0. The SMILES string of the molecule is CC(C)NC(=O)O[C@@H]1CC[C@@]2(C)[C@@H](C1)C[C@@H](O)[C@@H]1[C@@H]2CC[C@]2(C)[C@@H]([C@H](C)CCC(=O)O)CC[C@@H]12. The highest BCUT2D eigenvalue weighted by Gasteiger charge is 2.63. The Morgan fingerprint density at radius 2 is 1.68 bits per heavy atom. The van der Waals surface area contributed by atoms with E-state index in [1.165, 1.54) is 19.3 Å². The van der Waals surface area contributed by atoms with Gasteiger partial charge in [0.2, 0.25) is 0 Å². The number of rotatable bonds is 6. The zero-order valence-electron chi connectivity index (χ0n) is 21.9. The van der Waals surface area contributed by atoms with E-state index in [1.807, 2.05) is 13.8 Å². The van der Waals surface area contributed by atoms with Crippen LogP contribution in [-0.4, -0.2) is 40.5 Å². The number of hydrogen-bond donors (Lipinski definition) is 3. The van der Waals surface area contributed by atoms with Crippen molar-refractivity contribution in [1.29, 1.82) is 0 Å². The van der Waals surface area contributed by atoms with Crippen molar-refractivity contribution < 1.29 is 24.5 Å². The Kier molecular flexibility index (Phi) is 7.30. The van der Waals surface area contributed by atoms with Crippen molar-refractivity contribution in [3.63, 3.8) is 0 Å². The third-order valence-corrected chi connectivity index (χ3v) is 10.9. The standard InChI is InChI=1S/C28H47NO5/c1-16(2)29-26(33)34-19-10-12-27(4)18(14-19)15-23(30)25-21-8-7-20(17(3)6-9-24(31)32)28(21,5)13-11-22(25)27/h16-23,25,30H,6-15H2,1-5H3,(H,29,33)(H,31,32)/t17-,18+,19-,20-,21+,22+,23-,25+,27+,28-/m1/s1. The van der Waals surface area contributed by atoms with Gasteiger partial charge in [-0.2, -0.15) is 0 Å². The molecule has 34 heavy (non-hydrogen) atoms. The molecule has 10 atom stereocenters. The lowest BCUT2D eigenvalue weighted by Gasteiger charge is -2.62. The molecule has 0 heterocycles. The molecule has 4 saturated carbocycles. The number of aliphatic hydroxyl groups excluding tert-OH is 1. The van der Waals surface area contributed by atoms with Crippen molar-refractivity contribution in [2.45, 2.75) is 117 Å². The van der Waals surface area contributed by atoms with Crippen LogP contribution in [0.25, 0.3) is 0 Å². The molecule has 3 N–H and O–H groups in total. The van der Waals surface area contributed by atoms with E-state index < -0.39 is 5.97 Å². The summed E-state index contributed by atoms with van der Waals surface area (Å²) in [7, 11) is 0. The van der Waals surface area contributed by atoms with Crippen LogP contribution in [0.1, 0.15) is 98.8 Å². The molecule has 0 radical (unpaired) electrons. The van der Waals surface area contributed by atoms with Crippen molar-refractivity contribution in [1.82, 2.24) is 5.32 Å². The maximum Gasteiger partial charge on any atom is 0.407 e. The number of aliphatic carboxylic acids is 1. The van der Waals surface area contributed by atoms with Crippen LogP contribution in [0.15, 0.2) is 0 Å². The van der Waals surface area contributed by atoms with Crippen LogP contribution in [0.4, 0.5) is 4.79 Å². The molecule has 4 fully saturated rings. The predicted molar refractivity (Wildman–Crippen MR) is 131 cm³/mol. The van der Waals surface area contributed by atoms with Crippen LogP contribution in [0.2, 0.25) is 0 Å². The van der Waals surface area contributed by atoms with E-state index >= 15 is 0 Å². The molecule has 0 aromatic carbocycles. The fraction of sp³-hybridized carbons (Fsp3) is 0.929. The molecule has 0 spiro atoms. The Labute approximate surface area is 205 Å². The van der Waals surface area contributed by atoms with Crippen LogP contribution in [0.5, 0.6) is 0 Å². The molecule has 0 aromatic heterocycles. The minimum Gasteiger partial charge on any atom is -0.481 e. The van der Waals surface area contributed by atoms with E-state index in [0.717, 1.165) is 38.5 Å². The molecule has 0 saturated heterocycles. The predicted octanol–water partition coefficient (Wildman–Crippen LogP) is 5.62. The van der Waals surface area contributed by atoms with Gasteiger partial charge in [0, 0.05) is 12.5 Å². The first-order valence-electron chi connectivity index (χ1n) is 13.8. The summed E-state index contributed by atoms with van der Waals surface area (Å²) in [6.07, 6.45) is 8.67. The van der Waals surface area contributed by atoms with Gasteiger partial charge in [0.25, 0.3) is 0 Å². The Morgan fingerprint density at radius 3 is 2.35 bits per heavy atom. The number of hydrogen-bond acceptors (Lipinski definition) is 4. The van der Waals surface area contributed by atoms with Crippen LogP contribution in [0.3, 0.4) is 0 Å². The first-order valence-corrected chi connectivity index (χ1v) is 13.8. The lowest BCUT2D eigenvalue weighted by Crippen LogP contribution is -2.59. The zero-order valence-corrected chi connectivity index (χ0v) is 21.9. The van der Waals surface area contributed by atoms with Crippen molar-refractivity contribution in [3.05, 3.63) is 0 Å². The van der Waals surface area contributed by atoms with Gasteiger partial charge in [-0.1, -0.05) is 20.8 Å². The minimum absolute atomic E-state index is 0.0552. The molecule has 6 nitrogen and oxygen atoms in total. The zero-order chi connectivity index (χ0) is 24.8. The topological polar surface area (TPSA) is 95.9 Å². The average Bonchev–Trinajstić information content (AvgIpc) is 3.09. The van der Waals surface area contributed by atoms with Crippen molar-refractivity contribution in [2.75, 3.05) is 0 Å². The number of aliphatic hydroxyl groups is 1. The van der Waals surface area contributed by atoms with E-state index in [-0.39, 0.29) is 41.6 Å². The minimum atomic E-state index is -0.696. The Balaban J connectivity index is 1.46. The Bertz CT molecular complexity index is 770. The fourth-order valence-corrected chi connectivity index (χ4v) is 9.24. The molecule has 4 rings (SSSR count). The highest BCUT2D eigenvalue weighted by molar-refractivity contribution is 5.67. The van der Waals surface area contributed by atoms with Gasteiger partial charge in [-0.25, -0.2) is 4.79 Å². The lowest BCUT2D eigenvalue weighted by molar-refractivity contribution is -0.174. The molecular formula is C28H47NO5. The Morgan fingerprint density at radius 1 is 1.00 bits per heavy atom. The highest BCUT2D eigenvalue weighted by atomic mass is 16.6. The monoisotopic (exact) mass is 477 g/mol. The number of alkyl carbamates (subject to hydrolysis) is 1. The first kappa shape index (κ1) is 25.8. The number of nitrogens with one attached hydrogen (secondary N) is 1. The van der Waals surface area contributed by atoms with Gasteiger partial charge in [0.05, 0.1) is 6.10 Å². The summed E-state index contributed by atoms with van der Waals surface area (Å²) in [4.78, 5) is 23.3. The molecular weight excluding hydrogens is 430 g/mol. The molecule has 0 aliphatic heterocycles. The van der Waals surface area contributed by atoms with Gasteiger partial charge in [0.15, 0.2) is 0 Å². The highest BCUT2D eigenvalue weighted by Crippen LogP contribution is 2.68. The molecule has 0 aromatic rings. The van der Waals surface area contributed by atoms with Gasteiger partial charge in [-0.3, -0.25) is 4.79 Å². The maximum atomic E-state index is 12.2. The second-order valence-corrected chi connectivity index (χ2v) is 13.0. The van der Waals surface area contributed by atoms with Gasteiger partial charge >= 0.3 is 12.1 Å². The van der Waals surface area contributed by atoms with Crippen molar-refractivity contribution in [3.8, 4) is 0 Å². The van der Waals surface area contributed by atoms with Gasteiger partial charge < -0.3 is 20.3 Å². The van der Waals surface area contributed by atoms with Gasteiger partial charge in [0.1, 0.15) is 6.10 Å². The van der Waals surface area contributed by atoms with Crippen LogP contribution < -0.4 is 5.32 Å². The lowest BCUT2D eigenvalue weighted by atomic mass is 9.43. The fourth-order valence-electron chi connectivity index (χ4n) is 9.24. The molecule has 4 aliphatic rings. The summed E-state index contributed by atoms with van der Waals surface area (Å²) >= 11 is 0. The number of amides is 1. The number of carboxylic acid groups (broad SMARTS) is 1. The average molecular weight is 478 g/mol. The third kappa shape index (κ3) is 4.60. The molecule has 0 bridgehead atoms. The molecule has 194 valence electrons. The van der Waals surface area contributed by atoms with E-state index in [4.69, 9.17) is 4.74 Å². The van der Waals surface area contributed by atoms with Crippen molar-refractivity contribution >= 4 is 12.1 Å². The van der Waals surface area contributed by atoms with Gasteiger partial charge in [-0.05, 0) is 118 Å². The quantitative estimate of drug-likeness (QED) is 0.461. The second kappa shape index (κ2) is 9.63. The summed E-state index contributed by atoms with van der Waals surface area (Å²) in [6, 6.07) is 0.0669. The van der Waals surface area contributed by atoms with E-state index in [1.54, 1.807) is 0 Å². The van der Waals surface area contributed by atoms with Gasteiger partial charge in [-0.15, -0.1) is 0 Å². The van der Waals surface area contributed by atoms with Crippen LogP contribution in [0, 0.1) is 46.3 Å². The number of ether oxygens (including phenoxy) is 1. The number of carbonyl (C=O) groups excluding carboxylic acids is 1. The summed E-state index contributed by atoms with van der Waals surface area (Å²) in [5, 5.41) is 23.5. The number of carbonyl (C=O) groups is 2. The summed E-state index contributed by atoms with van der Waals surface area (Å²) in [5.41, 5.74) is 0.408. The van der Waals surface area contributed by atoms with E-state index in [9.17, 15) is 19.8 Å². The van der Waals surface area contributed by atoms with E-state index in [0.29, 0.717) is 35.5 Å². The first-order chi connectivity index (χ1) is 16.0. The number of fused-ring (bicyclic) bond motifs is 5. The molecule has 4 aliphatic carbocycles. The Hall–Kier alpha value is -1.30. The summed E-state index contributed by atoms with van der Waals surface area (Å²) in [5.74, 6) is 2.07. The van der Waals surface area contributed by atoms with Crippen molar-refractivity contribution in [2.24, 2.45) is 46.3 Å². The molecule has 1 amide bonds. The normalized spacial score (nSPS) is 44.5. The molecule has 6 heteroatoms. The summed E-state index contributed by atoms with van der Waals surface area (Å²) < 4.78 is 5.76. The van der Waals surface area contributed by atoms with Crippen LogP contribution >= 0.6 is 0 Å². The number of carboxylic acids is 1. The van der Waals surface area contributed by atoms with E-state index in [2.05, 4.69) is 26.1 Å². The van der Waals surface area contributed by atoms with Crippen LogP contribution in [-0.2, 0) is 9.53 Å². The smallest absolute Gasteiger partial charge is 0.407 e. The maximum absolute atomic E-state index is 12.2. The third-order valence-electron chi connectivity index (χ3n) is 10.9.